The van der Waals surface area contributed by atoms with Crippen molar-refractivity contribution in [3.05, 3.63) is 34.8 Å². The first-order valence-electron chi connectivity index (χ1n) is 7.64. The van der Waals surface area contributed by atoms with Gasteiger partial charge < -0.3 is 9.80 Å². The van der Waals surface area contributed by atoms with Crippen molar-refractivity contribution in [2.45, 2.75) is 45.6 Å². The fourth-order valence-corrected chi connectivity index (χ4v) is 3.27. The third kappa shape index (κ3) is 3.51. The average molecular weight is 278 g/mol. The van der Waals surface area contributed by atoms with Gasteiger partial charge >= 0.3 is 0 Å². The van der Waals surface area contributed by atoms with Gasteiger partial charge in [-0.05, 0) is 52.8 Å². The van der Waals surface area contributed by atoms with Crippen LogP contribution in [0.4, 0.5) is 4.39 Å². The molecule has 0 aromatic carbocycles. The molecule has 0 radical (unpaired) electrons. The van der Waals surface area contributed by atoms with Gasteiger partial charge in [-0.1, -0.05) is 17.7 Å². The van der Waals surface area contributed by atoms with Gasteiger partial charge in [0.1, 0.15) is 5.83 Å². The number of halogens is 1. The first-order chi connectivity index (χ1) is 9.49. The molecule has 1 unspecified atom stereocenters. The Bertz CT molecular complexity index is 446. The molecule has 1 aliphatic heterocycles. The SMILES string of the molecule is CC1=CCC(F)=C(N2CCCC(N(C)C)CC2)C(C)=C1. The molecule has 0 aromatic heterocycles. The second-order valence-corrected chi connectivity index (χ2v) is 6.27. The second kappa shape index (κ2) is 6.57. The minimum atomic E-state index is 0.0268. The molecule has 112 valence electrons. The molecule has 1 aliphatic carbocycles. The predicted octanol–water partition coefficient (Wildman–Crippen LogP) is 3.88. The standard InChI is InChI=1S/C17H27FN2/c1-13-7-8-16(18)17(14(2)12-13)20-10-5-6-15(9-11-20)19(3)4/h7,12,15H,5-6,8-11H2,1-4H3. The van der Waals surface area contributed by atoms with E-state index in [0.717, 1.165) is 42.8 Å². The average Bonchev–Trinajstić information content (AvgIpc) is 2.68. The molecule has 0 N–H and O–H groups in total. The monoisotopic (exact) mass is 278 g/mol. The van der Waals surface area contributed by atoms with Crippen molar-refractivity contribution in [1.82, 2.24) is 9.80 Å². The van der Waals surface area contributed by atoms with Crippen LogP contribution in [-0.2, 0) is 0 Å². The molecule has 1 saturated heterocycles. The first kappa shape index (κ1) is 15.3. The summed E-state index contributed by atoms with van der Waals surface area (Å²) < 4.78 is 14.4. The molecule has 0 saturated carbocycles. The van der Waals surface area contributed by atoms with Gasteiger partial charge in [-0.2, -0.15) is 0 Å². The van der Waals surface area contributed by atoms with Crippen molar-refractivity contribution in [1.29, 1.82) is 0 Å². The fourth-order valence-electron chi connectivity index (χ4n) is 3.27. The van der Waals surface area contributed by atoms with Crippen LogP contribution in [0.25, 0.3) is 0 Å². The van der Waals surface area contributed by atoms with Crippen LogP contribution in [0.1, 0.15) is 39.5 Å². The van der Waals surface area contributed by atoms with E-state index in [1.807, 2.05) is 19.9 Å². The van der Waals surface area contributed by atoms with Gasteiger partial charge in [-0.25, -0.2) is 4.39 Å². The summed E-state index contributed by atoms with van der Waals surface area (Å²) in [6, 6.07) is 0.624. The summed E-state index contributed by atoms with van der Waals surface area (Å²) in [5, 5.41) is 0. The highest BCUT2D eigenvalue weighted by atomic mass is 19.1. The molecule has 20 heavy (non-hydrogen) atoms. The lowest BCUT2D eigenvalue weighted by Gasteiger charge is -2.27. The number of hydrogen-bond donors (Lipinski definition) is 0. The molecule has 1 fully saturated rings. The Kier molecular flexibility index (Phi) is 5.03. The lowest BCUT2D eigenvalue weighted by Crippen LogP contribution is -2.30. The van der Waals surface area contributed by atoms with E-state index in [4.69, 9.17) is 0 Å². The van der Waals surface area contributed by atoms with E-state index in [0.29, 0.717) is 12.5 Å². The molecule has 2 aliphatic rings. The van der Waals surface area contributed by atoms with Crippen molar-refractivity contribution < 1.29 is 4.39 Å². The summed E-state index contributed by atoms with van der Waals surface area (Å²) in [6.45, 7) is 6.00. The lowest BCUT2D eigenvalue weighted by molar-refractivity contribution is 0.263. The molecule has 2 rings (SSSR count). The van der Waals surface area contributed by atoms with Crippen LogP contribution in [0.3, 0.4) is 0 Å². The number of rotatable bonds is 2. The minimum absolute atomic E-state index is 0.0268. The zero-order valence-electron chi connectivity index (χ0n) is 13.2. The Morgan fingerprint density at radius 3 is 2.65 bits per heavy atom. The molecule has 0 amide bonds. The summed E-state index contributed by atoms with van der Waals surface area (Å²) in [4.78, 5) is 4.56. The molecule has 1 atom stereocenters. The van der Waals surface area contributed by atoms with E-state index in [1.165, 1.54) is 6.42 Å². The summed E-state index contributed by atoms with van der Waals surface area (Å²) in [5.41, 5.74) is 3.07. The number of likely N-dealkylation sites (tertiary alicyclic amines) is 1. The highest BCUT2D eigenvalue weighted by molar-refractivity contribution is 5.39. The Morgan fingerprint density at radius 2 is 1.95 bits per heavy atom. The van der Waals surface area contributed by atoms with Crippen molar-refractivity contribution in [3.63, 3.8) is 0 Å². The van der Waals surface area contributed by atoms with Crippen LogP contribution in [0.5, 0.6) is 0 Å². The Balaban J connectivity index is 2.16. The number of hydrogen-bond acceptors (Lipinski definition) is 2. The second-order valence-electron chi connectivity index (χ2n) is 6.27. The van der Waals surface area contributed by atoms with Gasteiger partial charge in [0.05, 0.1) is 5.70 Å². The molecule has 1 heterocycles. The predicted molar refractivity (Wildman–Crippen MR) is 83.2 cm³/mol. The van der Waals surface area contributed by atoms with E-state index in [-0.39, 0.29) is 5.83 Å². The third-order valence-corrected chi connectivity index (χ3v) is 4.42. The van der Waals surface area contributed by atoms with E-state index >= 15 is 0 Å². The van der Waals surface area contributed by atoms with E-state index in [1.54, 1.807) is 0 Å². The molecule has 0 spiro atoms. The van der Waals surface area contributed by atoms with Gasteiger partial charge in [0.25, 0.3) is 0 Å². The van der Waals surface area contributed by atoms with Gasteiger partial charge in [0, 0.05) is 25.6 Å². The summed E-state index contributed by atoms with van der Waals surface area (Å²) in [6.07, 6.45) is 7.98. The fraction of sp³-hybridized carbons (Fsp3) is 0.647. The lowest BCUT2D eigenvalue weighted by atomic mass is 10.1. The van der Waals surface area contributed by atoms with Crippen LogP contribution >= 0.6 is 0 Å². The van der Waals surface area contributed by atoms with Crippen molar-refractivity contribution in [2.75, 3.05) is 27.2 Å². The van der Waals surface area contributed by atoms with Crippen molar-refractivity contribution in [3.8, 4) is 0 Å². The van der Waals surface area contributed by atoms with Crippen molar-refractivity contribution >= 4 is 0 Å². The Hall–Kier alpha value is -1.09. The first-order valence-corrected chi connectivity index (χ1v) is 7.64. The zero-order chi connectivity index (χ0) is 14.7. The zero-order valence-corrected chi connectivity index (χ0v) is 13.2. The van der Waals surface area contributed by atoms with Crippen molar-refractivity contribution in [2.24, 2.45) is 0 Å². The molecule has 0 bridgehead atoms. The number of allylic oxidation sites excluding steroid dienone is 5. The van der Waals surface area contributed by atoms with Crippen LogP contribution in [0, 0.1) is 0 Å². The topological polar surface area (TPSA) is 6.48 Å². The molecule has 2 nitrogen and oxygen atoms in total. The molecular formula is C17H27FN2. The molecule has 0 aromatic rings. The van der Waals surface area contributed by atoms with E-state index < -0.39 is 0 Å². The van der Waals surface area contributed by atoms with E-state index in [2.05, 4.69) is 30.0 Å². The quantitative estimate of drug-likeness (QED) is 0.756. The summed E-state index contributed by atoms with van der Waals surface area (Å²) in [7, 11) is 4.29. The smallest absolute Gasteiger partial charge is 0.127 e. The minimum Gasteiger partial charge on any atom is -0.369 e. The third-order valence-electron chi connectivity index (χ3n) is 4.42. The van der Waals surface area contributed by atoms with Gasteiger partial charge in [-0.15, -0.1) is 0 Å². The Labute approximate surface area is 122 Å². The largest absolute Gasteiger partial charge is 0.369 e. The van der Waals surface area contributed by atoms with Crippen LogP contribution in [0.15, 0.2) is 34.8 Å². The highest BCUT2D eigenvalue weighted by Crippen LogP contribution is 2.29. The van der Waals surface area contributed by atoms with Crippen LogP contribution in [0.2, 0.25) is 0 Å². The Morgan fingerprint density at radius 1 is 1.20 bits per heavy atom. The molecule has 3 heteroatoms. The highest BCUT2D eigenvalue weighted by Gasteiger charge is 2.23. The summed E-state index contributed by atoms with van der Waals surface area (Å²) >= 11 is 0. The van der Waals surface area contributed by atoms with Crippen LogP contribution in [-0.4, -0.2) is 43.0 Å². The normalized spacial score (nSPS) is 25.3. The molecular weight excluding hydrogens is 251 g/mol. The summed E-state index contributed by atoms with van der Waals surface area (Å²) in [5.74, 6) is 0.0268. The maximum absolute atomic E-state index is 14.4. The maximum Gasteiger partial charge on any atom is 0.127 e. The van der Waals surface area contributed by atoms with Gasteiger partial charge in [0.15, 0.2) is 0 Å². The van der Waals surface area contributed by atoms with E-state index in [9.17, 15) is 4.39 Å². The van der Waals surface area contributed by atoms with Crippen LogP contribution < -0.4 is 0 Å². The maximum atomic E-state index is 14.4. The van der Waals surface area contributed by atoms with Gasteiger partial charge in [0.2, 0.25) is 0 Å². The van der Waals surface area contributed by atoms with Gasteiger partial charge in [-0.3, -0.25) is 0 Å². The number of nitrogens with zero attached hydrogens (tertiary/aromatic N) is 2.